The number of hydrogen-bond donors (Lipinski definition) is 1. The Morgan fingerprint density at radius 3 is 2.58 bits per heavy atom. The third-order valence-electron chi connectivity index (χ3n) is 3.52. The van der Waals surface area contributed by atoms with Crippen LogP contribution in [0, 0.1) is 0 Å². The molecule has 0 saturated carbocycles. The number of aromatic nitrogens is 2. The first kappa shape index (κ1) is 16.3. The maximum atomic E-state index is 12.3. The molecule has 6 heteroatoms. The molecule has 122 valence electrons. The van der Waals surface area contributed by atoms with E-state index in [0.717, 1.165) is 18.7 Å². The van der Waals surface area contributed by atoms with E-state index >= 15 is 0 Å². The lowest BCUT2D eigenvalue weighted by atomic mass is 10.1. The third-order valence-corrected chi connectivity index (χ3v) is 4.12. The van der Waals surface area contributed by atoms with Crippen LogP contribution in [0.3, 0.4) is 0 Å². The average molecular weight is 338 g/mol. The van der Waals surface area contributed by atoms with E-state index in [1.54, 1.807) is 11.6 Å². The van der Waals surface area contributed by atoms with Crippen molar-refractivity contribution in [3.63, 3.8) is 0 Å². The molecule has 0 aliphatic heterocycles. The number of benzene rings is 2. The van der Waals surface area contributed by atoms with Gasteiger partial charge >= 0.3 is 0 Å². The van der Waals surface area contributed by atoms with Gasteiger partial charge in [-0.25, -0.2) is 0 Å². The quantitative estimate of drug-likeness (QED) is 0.748. The average Bonchev–Trinajstić information content (AvgIpc) is 3.09. The van der Waals surface area contributed by atoms with Crippen molar-refractivity contribution in [2.75, 3.05) is 12.4 Å². The van der Waals surface area contributed by atoms with E-state index < -0.39 is 0 Å². The van der Waals surface area contributed by atoms with Crippen molar-refractivity contribution in [3.8, 4) is 0 Å². The van der Waals surface area contributed by atoms with Crippen LogP contribution < -0.4 is 5.32 Å². The number of carbonyl (C=O) groups is 1. The molecule has 0 bridgehead atoms. The Hall–Kier alpha value is -2.57. The Labute approximate surface area is 145 Å². The minimum Gasteiger partial charge on any atom is -0.298 e. The number of amides is 1. The predicted molar refractivity (Wildman–Crippen MR) is 95.9 cm³/mol. The van der Waals surface area contributed by atoms with Gasteiger partial charge in [-0.15, -0.1) is 10.2 Å². The summed E-state index contributed by atoms with van der Waals surface area (Å²) in [5.41, 5.74) is 4.57. The van der Waals surface area contributed by atoms with E-state index in [9.17, 15) is 4.79 Å². The van der Waals surface area contributed by atoms with Gasteiger partial charge in [0.2, 0.25) is 5.13 Å². The first-order valence-corrected chi connectivity index (χ1v) is 8.47. The Kier molecular flexibility index (Phi) is 5.30. The van der Waals surface area contributed by atoms with E-state index in [4.69, 9.17) is 0 Å². The van der Waals surface area contributed by atoms with E-state index in [2.05, 4.69) is 39.6 Å². The van der Waals surface area contributed by atoms with Crippen LogP contribution in [-0.4, -0.2) is 28.1 Å². The summed E-state index contributed by atoms with van der Waals surface area (Å²) < 4.78 is 0. The van der Waals surface area contributed by atoms with Crippen molar-refractivity contribution in [3.05, 3.63) is 76.8 Å². The fraction of sp³-hybridized carbons (Fsp3) is 0.167. The maximum absolute atomic E-state index is 12.3. The van der Waals surface area contributed by atoms with Gasteiger partial charge in [0.1, 0.15) is 5.51 Å². The smallest absolute Gasteiger partial charge is 0.257 e. The molecule has 0 radical (unpaired) electrons. The van der Waals surface area contributed by atoms with Crippen LogP contribution in [-0.2, 0) is 13.1 Å². The molecule has 1 amide bonds. The summed E-state index contributed by atoms with van der Waals surface area (Å²) in [6, 6.07) is 18.0. The van der Waals surface area contributed by atoms with Crippen molar-refractivity contribution in [2.24, 2.45) is 0 Å². The lowest BCUT2D eigenvalue weighted by molar-refractivity contribution is 0.102. The minimum atomic E-state index is -0.167. The SMILES string of the molecule is CN(Cc1ccccc1)Cc1cccc(C(=O)Nc2nncs2)c1. The molecule has 3 aromatic rings. The van der Waals surface area contributed by atoms with Crippen molar-refractivity contribution >= 4 is 22.4 Å². The lowest BCUT2D eigenvalue weighted by Gasteiger charge is -2.17. The highest BCUT2D eigenvalue weighted by Gasteiger charge is 2.09. The van der Waals surface area contributed by atoms with Crippen LogP contribution in [0.1, 0.15) is 21.5 Å². The first-order valence-electron chi connectivity index (χ1n) is 7.59. The fourth-order valence-corrected chi connectivity index (χ4v) is 2.91. The fourth-order valence-electron chi connectivity index (χ4n) is 2.47. The Bertz CT molecular complexity index is 790. The van der Waals surface area contributed by atoms with Crippen molar-refractivity contribution in [1.82, 2.24) is 15.1 Å². The monoisotopic (exact) mass is 338 g/mol. The molecule has 1 heterocycles. The van der Waals surface area contributed by atoms with Gasteiger partial charge in [-0.3, -0.25) is 15.0 Å². The number of anilines is 1. The highest BCUT2D eigenvalue weighted by molar-refractivity contribution is 7.13. The molecule has 24 heavy (non-hydrogen) atoms. The summed E-state index contributed by atoms with van der Waals surface area (Å²) in [7, 11) is 2.07. The van der Waals surface area contributed by atoms with Crippen LogP contribution >= 0.6 is 11.3 Å². The molecule has 0 saturated heterocycles. The van der Waals surface area contributed by atoms with Gasteiger partial charge in [-0.2, -0.15) is 0 Å². The number of carbonyl (C=O) groups excluding carboxylic acids is 1. The first-order chi connectivity index (χ1) is 11.7. The molecule has 3 rings (SSSR count). The normalized spacial score (nSPS) is 10.8. The zero-order chi connectivity index (χ0) is 16.8. The molecule has 0 aliphatic carbocycles. The van der Waals surface area contributed by atoms with Gasteiger partial charge in [-0.05, 0) is 30.3 Å². The van der Waals surface area contributed by atoms with Crippen LogP contribution in [0.25, 0.3) is 0 Å². The summed E-state index contributed by atoms with van der Waals surface area (Å²) in [6.07, 6.45) is 0. The number of rotatable bonds is 6. The van der Waals surface area contributed by atoms with Crippen LogP contribution in [0.5, 0.6) is 0 Å². The van der Waals surface area contributed by atoms with Gasteiger partial charge in [0.05, 0.1) is 0 Å². The second-order valence-electron chi connectivity index (χ2n) is 5.56. The van der Waals surface area contributed by atoms with Gasteiger partial charge in [0.15, 0.2) is 0 Å². The van der Waals surface area contributed by atoms with Crippen molar-refractivity contribution in [2.45, 2.75) is 13.1 Å². The van der Waals surface area contributed by atoms with E-state index in [1.807, 2.05) is 36.4 Å². The number of nitrogens with one attached hydrogen (secondary N) is 1. The molecule has 0 fully saturated rings. The third kappa shape index (κ3) is 4.47. The zero-order valence-electron chi connectivity index (χ0n) is 13.3. The van der Waals surface area contributed by atoms with Gasteiger partial charge in [0, 0.05) is 18.7 Å². The number of hydrogen-bond acceptors (Lipinski definition) is 5. The molecule has 1 aromatic heterocycles. The Morgan fingerprint density at radius 2 is 1.83 bits per heavy atom. The van der Waals surface area contributed by atoms with Crippen molar-refractivity contribution in [1.29, 1.82) is 0 Å². The summed E-state index contributed by atoms with van der Waals surface area (Å²) in [4.78, 5) is 14.5. The summed E-state index contributed by atoms with van der Waals surface area (Å²) in [5, 5.41) is 10.8. The van der Waals surface area contributed by atoms with E-state index in [1.165, 1.54) is 16.9 Å². The largest absolute Gasteiger partial charge is 0.298 e. The lowest BCUT2D eigenvalue weighted by Crippen LogP contribution is -2.18. The second-order valence-corrected chi connectivity index (χ2v) is 6.39. The van der Waals surface area contributed by atoms with E-state index in [-0.39, 0.29) is 5.91 Å². The molecule has 0 aliphatic rings. The molecule has 0 spiro atoms. The molecule has 1 N–H and O–H groups in total. The zero-order valence-corrected chi connectivity index (χ0v) is 14.2. The highest BCUT2D eigenvalue weighted by Crippen LogP contribution is 2.13. The summed E-state index contributed by atoms with van der Waals surface area (Å²) >= 11 is 1.30. The maximum Gasteiger partial charge on any atom is 0.257 e. The predicted octanol–water partition coefficient (Wildman–Crippen LogP) is 3.42. The van der Waals surface area contributed by atoms with E-state index in [0.29, 0.717) is 10.7 Å². The number of nitrogens with zero attached hydrogens (tertiary/aromatic N) is 3. The van der Waals surface area contributed by atoms with Gasteiger partial charge < -0.3 is 0 Å². The molecule has 2 aromatic carbocycles. The Morgan fingerprint density at radius 1 is 1.08 bits per heavy atom. The molecular formula is C18H18N4OS. The molecule has 0 atom stereocenters. The van der Waals surface area contributed by atoms with Gasteiger partial charge in [-0.1, -0.05) is 53.8 Å². The van der Waals surface area contributed by atoms with Crippen LogP contribution in [0.4, 0.5) is 5.13 Å². The molecule has 0 unspecified atom stereocenters. The molecule has 5 nitrogen and oxygen atoms in total. The van der Waals surface area contributed by atoms with Crippen LogP contribution in [0.15, 0.2) is 60.1 Å². The van der Waals surface area contributed by atoms with Gasteiger partial charge in [0.25, 0.3) is 5.91 Å². The highest BCUT2D eigenvalue weighted by atomic mass is 32.1. The minimum absolute atomic E-state index is 0.167. The summed E-state index contributed by atoms with van der Waals surface area (Å²) in [6.45, 7) is 1.64. The molecular weight excluding hydrogens is 320 g/mol. The topological polar surface area (TPSA) is 58.1 Å². The second kappa shape index (κ2) is 7.81. The Balaban J connectivity index is 1.63. The standard InChI is InChI=1S/C18H18N4OS/c1-22(11-14-6-3-2-4-7-14)12-15-8-5-9-16(10-15)17(23)20-18-21-19-13-24-18/h2-10,13H,11-12H2,1H3,(H,20,21,23). The van der Waals surface area contributed by atoms with Crippen LogP contribution in [0.2, 0.25) is 0 Å². The summed E-state index contributed by atoms with van der Waals surface area (Å²) in [5.74, 6) is -0.167. The van der Waals surface area contributed by atoms with Crippen molar-refractivity contribution < 1.29 is 4.79 Å².